The van der Waals surface area contributed by atoms with Gasteiger partial charge in [0.05, 0.1) is 27.2 Å². The van der Waals surface area contributed by atoms with Crippen LogP contribution < -0.4 is 20.1 Å². The van der Waals surface area contributed by atoms with Gasteiger partial charge in [0.15, 0.2) is 16.6 Å². The Balaban J connectivity index is 2.47. The van der Waals surface area contributed by atoms with Crippen LogP contribution in [0, 0.1) is 0 Å². The van der Waals surface area contributed by atoms with Crippen LogP contribution >= 0.6 is 12.2 Å². The number of nitrogens with one attached hydrogen (secondary N) is 2. The number of thiocarbonyl (C=S) groups is 1. The van der Waals surface area contributed by atoms with E-state index < -0.39 is 5.97 Å². The zero-order valence-corrected chi connectivity index (χ0v) is 15.5. The van der Waals surface area contributed by atoms with Gasteiger partial charge in [0.25, 0.3) is 0 Å². The maximum absolute atomic E-state index is 11.6. The first kappa shape index (κ1) is 20.7. The molecule has 0 saturated heterocycles. The van der Waals surface area contributed by atoms with Crippen molar-refractivity contribution in [3.63, 3.8) is 0 Å². The molecule has 0 aliphatic carbocycles. The molecule has 1 rings (SSSR count). The Kier molecular flexibility index (Phi) is 9.31. The van der Waals surface area contributed by atoms with Crippen molar-refractivity contribution in [2.24, 2.45) is 0 Å². The minimum absolute atomic E-state index is 0.0152. The van der Waals surface area contributed by atoms with Crippen molar-refractivity contribution in [2.75, 3.05) is 20.8 Å². The van der Waals surface area contributed by atoms with Gasteiger partial charge >= 0.3 is 5.97 Å². The summed E-state index contributed by atoms with van der Waals surface area (Å²) in [7, 11) is 2.86. The number of amides is 1. The third kappa shape index (κ3) is 7.84. The molecule has 0 spiro atoms. The van der Waals surface area contributed by atoms with Crippen LogP contribution in [0.15, 0.2) is 18.2 Å². The second-order valence-electron chi connectivity index (χ2n) is 5.14. The average molecular weight is 368 g/mol. The van der Waals surface area contributed by atoms with E-state index in [1.165, 1.54) is 7.11 Å². The summed E-state index contributed by atoms with van der Waals surface area (Å²) in [6, 6.07) is 5.57. The van der Waals surface area contributed by atoms with Gasteiger partial charge in [-0.3, -0.25) is 9.59 Å². The van der Waals surface area contributed by atoms with E-state index in [-0.39, 0.29) is 23.9 Å². The molecule has 0 fully saturated rings. The fraction of sp³-hybridized carbons (Fsp3) is 0.471. The van der Waals surface area contributed by atoms with Crippen molar-refractivity contribution in [1.29, 1.82) is 0 Å². The molecule has 0 atom stereocenters. The highest BCUT2D eigenvalue weighted by atomic mass is 32.1. The van der Waals surface area contributed by atoms with Crippen molar-refractivity contribution in [1.82, 2.24) is 10.6 Å². The second kappa shape index (κ2) is 11.2. The molecule has 0 aliphatic rings. The summed E-state index contributed by atoms with van der Waals surface area (Å²) in [5.41, 5.74) is 0.923. The SMILES string of the molecule is CCCOc1ccc(CNC(=S)NC(=O)CCC(=O)OC)cc1OC. The number of ether oxygens (including phenoxy) is 3. The molecule has 1 amide bonds. The van der Waals surface area contributed by atoms with Crippen molar-refractivity contribution in [3.8, 4) is 11.5 Å². The Labute approximate surface area is 153 Å². The van der Waals surface area contributed by atoms with Gasteiger partial charge in [-0.1, -0.05) is 13.0 Å². The van der Waals surface area contributed by atoms with Gasteiger partial charge in [-0.05, 0) is 36.3 Å². The molecule has 1 aromatic rings. The van der Waals surface area contributed by atoms with Gasteiger partial charge in [-0.15, -0.1) is 0 Å². The van der Waals surface area contributed by atoms with Crippen molar-refractivity contribution in [2.45, 2.75) is 32.7 Å². The average Bonchev–Trinajstić information content (AvgIpc) is 2.62. The predicted molar refractivity (Wildman–Crippen MR) is 97.6 cm³/mol. The Morgan fingerprint density at radius 2 is 1.92 bits per heavy atom. The van der Waals surface area contributed by atoms with Gasteiger partial charge in [0.2, 0.25) is 5.91 Å². The summed E-state index contributed by atoms with van der Waals surface area (Å²) >= 11 is 5.07. The molecule has 0 radical (unpaired) electrons. The van der Waals surface area contributed by atoms with Crippen LogP contribution in [0.4, 0.5) is 0 Å². The topological polar surface area (TPSA) is 85.9 Å². The Hall–Kier alpha value is -2.35. The molecule has 0 heterocycles. The van der Waals surface area contributed by atoms with E-state index in [1.54, 1.807) is 7.11 Å². The fourth-order valence-electron chi connectivity index (χ4n) is 1.89. The number of carbonyl (C=O) groups excluding carboxylic acids is 2. The van der Waals surface area contributed by atoms with Gasteiger partial charge in [-0.2, -0.15) is 0 Å². The maximum Gasteiger partial charge on any atom is 0.306 e. The smallest absolute Gasteiger partial charge is 0.306 e. The number of hydrogen-bond donors (Lipinski definition) is 2. The molecule has 2 N–H and O–H groups in total. The first-order chi connectivity index (χ1) is 12.0. The fourth-order valence-corrected chi connectivity index (χ4v) is 2.07. The van der Waals surface area contributed by atoms with Gasteiger partial charge in [0.1, 0.15) is 0 Å². The van der Waals surface area contributed by atoms with E-state index in [4.69, 9.17) is 21.7 Å². The van der Waals surface area contributed by atoms with E-state index >= 15 is 0 Å². The lowest BCUT2D eigenvalue weighted by Gasteiger charge is -2.13. The molecule has 8 heteroatoms. The summed E-state index contributed by atoms with van der Waals surface area (Å²) in [6.45, 7) is 3.07. The molecule has 7 nitrogen and oxygen atoms in total. The molecule has 1 aromatic carbocycles. The number of hydrogen-bond acceptors (Lipinski definition) is 6. The molecule has 0 unspecified atom stereocenters. The highest BCUT2D eigenvalue weighted by Gasteiger charge is 2.09. The number of rotatable bonds is 9. The molecule has 0 saturated carbocycles. The molecule has 0 aromatic heterocycles. The monoisotopic (exact) mass is 368 g/mol. The largest absolute Gasteiger partial charge is 0.493 e. The van der Waals surface area contributed by atoms with Crippen molar-refractivity contribution < 1.29 is 23.8 Å². The Bertz CT molecular complexity index is 607. The molecular weight excluding hydrogens is 344 g/mol. The quantitative estimate of drug-likeness (QED) is 0.509. The van der Waals surface area contributed by atoms with E-state index in [0.717, 1.165) is 12.0 Å². The molecule has 25 heavy (non-hydrogen) atoms. The third-order valence-corrected chi connectivity index (χ3v) is 3.43. The minimum Gasteiger partial charge on any atom is -0.493 e. The normalized spacial score (nSPS) is 9.88. The molecule has 0 bridgehead atoms. The van der Waals surface area contributed by atoms with Crippen LogP contribution in [0.2, 0.25) is 0 Å². The van der Waals surface area contributed by atoms with Crippen LogP contribution in [-0.2, 0) is 20.9 Å². The second-order valence-corrected chi connectivity index (χ2v) is 5.55. The first-order valence-corrected chi connectivity index (χ1v) is 8.35. The van der Waals surface area contributed by atoms with Gasteiger partial charge in [-0.25, -0.2) is 0 Å². The van der Waals surface area contributed by atoms with Crippen LogP contribution in [0.1, 0.15) is 31.7 Å². The maximum atomic E-state index is 11.6. The lowest BCUT2D eigenvalue weighted by Crippen LogP contribution is -2.38. The summed E-state index contributed by atoms with van der Waals surface area (Å²) in [4.78, 5) is 22.6. The van der Waals surface area contributed by atoms with Crippen LogP contribution in [-0.4, -0.2) is 37.8 Å². The number of benzene rings is 1. The van der Waals surface area contributed by atoms with E-state index in [9.17, 15) is 9.59 Å². The summed E-state index contributed by atoms with van der Waals surface area (Å²) in [5.74, 6) is 0.544. The summed E-state index contributed by atoms with van der Waals surface area (Å²) in [6.07, 6.45) is 0.948. The standard InChI is InChI=1S/C17H24N2O5S/c1-4-9-24-13-6-5-12(10-14(13)22-2)11-18-17(25)19-15(20)7-8-16(21)23-3/h5-6,10H,4,7-9,11H2,1-3H3,(H2,18,19,20,25). The summed E-state index contributed by atoms with van der Waals surface area (Å²) < 4.78 is 15.4. The Morgan fingerprint density at radius 3 is 2.56 bits per heavy atom. The highest BCUT2D eigenvalue weighted by molar-refractivity contribution is 7.80. The van der Waals surface area contributed by atoms with Crippen molar-refractivity contribution >= 4 is 29.2 Å². The van der Waals surface area contributed by atoms with Crippen LogP contribution in [0.3, 0.4) is 0 Å². The zero-order chi connectivity index (χ0) is 18.7. The lowest BCUT2D eigenvalue weighted by atomic mass is 10.2. The van der Waals surface area contributed by atoms with E-state index in [2.05, 4.69) is 15.4 Å². The van der Waals surface area contributed by atoms with Crippen LogP contribution in [0.5, 0.6) is 11.5 Å². The third-order valence-electron chi connectivity index (χ3n) is 3.18. The Morgan fingerprint density at radius 1 is 1.16 bits per heavy atom. The number of carbonyl (C=O) groups is 2. The molecule has 0 aliphatic heterocycles. The van der Waals surface area contributed by atoms with E-state index in [0.29, 0.717) is 24.7 Å². The highest BCUT2D eigenvalue weighted by Crippen LogP contribution is 2.28. The number of methoxy groups -OCH3 is 2. The predicted octanol–water partition coefficient (Wildman–Crippen LogP) is 1.93. The minimum atomic E-state index is -0.438. The molecular formula is C17H24N2O5S. The van der Waals surface area contributed by atoms with Gasteiger partial charge in [0, 0.05) is 13.0 Å². The first-order valence-electron chi connectivity index (χ1n) is 7.94. The van der Waals surface area contributed by atoms with Crippen molar-refractivity contribution in [3.05, 3.63) is 23.8 Å². The number of esters is 1. The van der Waals surface area contributed by atoms with Crippen LogP contribution in [0.25, 0.3) is 0 Å². The van der Waals surface area contributed by atoms with E-state index in [1.807, 2.05) is 25.1 Å². The zero-order valence-electron chi connectivity index (χ0n) is 14.7. The van der Waals surface area contributed by atoms with Gasteiger partial charge < -0.3 is 24.8 Å². The summed E-state index contributed by atoms with van der Waals surface area (Å²) in [5, 5.41) is 5.64. The molecule has 138 valence electrons. The lowest BCUT2D eigenvalue weighted by molar-refractivity contribution is -0.142.